The van der Waals surface area contributed by atoms with E-state index >= 15 is 0 Å². The predicted octanol–water partition coefficient (Wildman–Crippen LogP) is 2.53. The second kappa shape index (κ2) is 3.93. The van der Waals surface area contributed by atoms with E-state index in [0.717, 1.165) is 23.4 Å². The Balaban J connectivity index is 2.40. The Morgan fingerprint density at radius 2 is 2.27 bits per heavy atom. The average molecular weight is 204 g/mol. The van der Waals surface area contributed by atoms with Crippen molar-refractivity contribution in [2.45, 2.75) is 32.7 Å². The van der Waals surface area contributed by atoms with E-state index in [0.29, 0.717) is 6.42 Å². The number of anilines is 2. The van der Waals surface area contributed by atoms with Gasteiger partial charge in [-0.2, -0.15) is 0 Å². The van der Waals surface area contributed by atoms with Crippen molar-refractivity contribution < 1.29 is 4.79 Å². The van der Waals surface area contributed by atoms with Gasteiger partial charge < -0.3 is 10.6 Å². The number of carbonyl (C=O) groups is 1. The van der Waals surface area contributed by atoms with Gasteiger partial charge in [0, 0.05) is 12.5 Å². The van der Waals surface area contributed by atoms with Crippen molar-refractivity contribution >= 4 is 17.3 Å². The first-order valence-electron chi connectivity index (χ1n) is 5.36. The molecule has 1 aromatic rings. The number of amides is 1. The standard InChI is InChI=1S/C12H16N2O/c1-3-9-7-11(15)14-12-8(2)5-4-6-10(12)13-9/h4-6,9,13H,3,7H2,1-2H3,(H,14,15). The van der Waals surface area contributed by atoms with E-state index in [2.05, 4.69) is 17.6 Å². The fourth-order valence-electron chi connectivity index (χ4n) is 1.89. The zero-order chi connectivity index (χ0) is 10.8. The van der Waals surface area contributed by atoms with E-state index in [4.69, 9.17) is 0 Å². The Morgan fingerprint density at radius 1 is 1.47 bits per heavy atom. The van der Waals surface area contributed by atoms with Crippen LogP contribution in [0.5, 0.6) is 0 Å². The number of fused-ring (bicyclic) bond motifs is 1. The molecule has 0 fully saturated rings. The summed E-state index contributed by atoms with van der Waals surface area (Å²) in [4.78, 5) is 11.6. The summed E-state index contributed by atoms with van der Waals surface area (Å²) in [6.45, 7) is 4.10. The highest BCUT2D eigenvalue weighted by atomic mass is 16.1. The third-order valence-electron chi connectivity index (χ3n) is 2.82. The van der Waals surface area contributed by atoms with E-state index in [9.17, 15) is 4.79 Å². The molecule has 2 N–H and O–H groups in total. The molecule has 1 heterocycles. The minimum Gasteiger partial charge on any atom is -0.380 e. The molecule has 0 radical (unpaired) electrons. The molecule has 2 rings (SSSR count). The van der Waals surface area contributed by atoms with Gasteiger partial charge in [-0.05, 0) is 25.0 Å². The van der Waals surface area contributed by atoms with Crippen LogP contribution in [0.4, 0.5) is 11.4 Å². The normalized spacial score (nSPS) is 19.9. The van der Waals surface area contributed by atoms with Crippen molar-refractivity contribution in [1.82, 2.24) is 0 Å². The number of hydrogen-bond acceptors (Lipinski definition) is 2. The van der Waals surface area contributed by atoms with Crippen molar-refractivity contribution in [3.8, 4) is 0 Å². The average Bonchev–Trinajstić information content (AvgIpc) is 2.37. The first-order valence-corrected chi connectivity index (χ1v) is 5.36. The topological polar surface area (TPSA) is 41.1 Å². The van der Waals surface area contributed by atoms with Crippen LogP contribution >= 0.6 is 0 Å². The second-order valence-electron chi connectivity index (χ2n) is 4.00. The van der Waals surface area contributed by atoms with E-state index < -0.39 is 0 Å². The van der Waals surface area contributed by atoms with Gasteiger partial charge in [0.2, 0.25) is 5.91 Å². The van der Waals surface area contributed by atoms with Gasteiger partial charge in [-0.25, -0.2) is 0 Å². The van der Waals surface area contributed by atoms with Crippen LogP contribution in [-0.4, -0.2) is 11.9 Å². The quantitative estimate of drug-likeness (QED) is 0.738. The second-order valence-corrected chi connectivity index (χ2v) is 4.00. The molecule has 1 aliphatic rings. The molecule has 1 amide bonds. The highest BCUT2D eigenvalue weighted by Gasteiger charge is 2.19. The summed E-state index contributed by atoms with van der Waals surface area (Å²) in [5, 5.41) is 6.35. The monoisotopic (exact) mass is 204 g/mol. The SMILES string of the molecule is CCC1CC(=O)Nc2c(C)cccc2N1. The molecule has 0 saturated carbocycles. The lowest BCUT2D eigenvalue weighted by molar-refractivity contribution is -0.116. The fraction of sp³-hybridized carbons (Fsp3) is 0.417. The van der Waals surface area contributed by atoms with Gasteiger partial charge in [0.1, 0.15) is 0 Å². The van der Waals surface area contributed by atoms with Crippen LogP contribution in [-0.2, 0) is 4.79 Å². The first kappa shape index (κ1) is 10.0. The van der Waals surface area contributed by atoms with Gasteiger partial charge in [-0.1, -0.05) is 19.1 Å². The molecular formula is C12H16N2O. The number of hydrogen-bond donors (Lipinski definition) is 2. The van der Waals surface area contributed by atoms with Gasteiger partial charge >= 0.3 is 0 Å². The van der Waals surface area contributed by atoms with E-state index in [1.54, 1.807) is 0 Å². The number of aryl methyl sites for hydroxylation is 1. The number of carbonyl (C=O) groups excluding carboxylic acids is 1. The van der Waals surface area contributed by atoms with Crippen LogP contribution in [0, 0.1) is 6.92 Å². The number of rotatable bonds is 1. The molecule has 3 nitrogen and oxygen atoms in total. The molecule has 0 bridgehead atoms. The van der Waals surface area contributed by atoms with Crippen LogP contribution in [0.3, 0.4) is 0 Å². The van der Waals surface area contributed by atoms with Crippen molar-refractivity contribution in [3.05, 3.63) is 23.8 Å². The molecule has 1 unspecified atom stereocenters. The van der Waals surface area contributed by atoms with Crippen LogP contribution in [0.25, 0.3) is 0 Å². The summed E-state index contributed by atoms with van der Waals surface area (Å²) in [6.07, 6.45) is 1.51. The maximum Gasteiger partial charge on any atom is 0.226 e. The summed E-state index contributed by atoms with van der Waals surface area (Å²) in [7, 11) is 0. The van der Waals surface area contributed by atoms with Gasteiger partial charge in [-0.3, -0.25) is 4.79 Å². The lowest BCUT2D eigenvalue weighted by Crippen LogP contribution is -2.21. The molecule has 0 saturated heterocycles. The van der Waals surface area contributed by atoms with E-state index in [-0.39, 0.29) is 11.9 Å². The predicted molar refractivity (Wildman–Crippen MR) is 62.1 cm³/mol. The number of benzene rings is 1. The van der Waals surface area contributed by atoms with Gasteiger partial charge in [0.05, 0.1) is 11.4 Å². The highest BCUT2D eigenvalue weighted by molar-refractivity contribution is 5.97. The summed E-state index contributed by atoms with van der Waals surface area (Å²) < 4.78 is 0. The summed E-state index contributed by atoms with van der Waals surface area (Å²) in [6, 6.07) is 6.27. The van der Waals surface area contributed by atoms with Crippen molar-refractivity contribution in [3.63, 3.8) is 0 Å². The van der Waals surface area contributed by atoms with E-state index in [1.807, 2.05) is 25.1 Å². The lowest BCUT2D eigenvalue weighted by atomic mass is 10.1. The van der Waals surface area contributed by atoms with Crippen LogP contribution < -0.4 is 10.6 Å². The highest BCUT2D eigenvalue weighted by Crippen LogP contribution is 2.29. The summed E-state index contributed by atoms with van der Waals surface area (Å²) in [5.74, 6) is 0.0994. The molecule has 1 aromatic carbocycles. The maximum absolute atomic E-state index is 11.6. The Labute approximate surface area is 89.9 Å². The Hall–Kier alpha value is -1.51. The third-order valence-corrected chi connectivity index (χ3v) is 2.82. The summed E-state index contributed by atoms with van der Waals surface area (Å²) in [5.41, 5.74) is 3.07. The molecule has 0 aliphatic carbocycles. The molecule has 3 heteroatoms. The molecular weight excluding hydrogens is 188 g/mol. The van der Waals surface area contributed by atoms with Gasteiger partial charge in [-0.15, -0.1) is 0 Å². The van der Waals surface area contributed by atoms with Crippen LogP contribution in [0.1, 0.15) is 25.3 Å². The van der Waals surface area contributed by atoms with Crippen molar-refractivity contribution in [2.24, 2.45) is 0 Å². The summed E-state index contributed by atoms with van der Waals surface area (Å²) >= 11 is 0. The Kier molecular flexibility index (Phi) is 2.62. The Bertz CT molecular complexity index is 387. The zero-order valence-electron chi connectivity index (χ0n) is 9.13. The molecule has 15 heavy (non-hydrogen) atoms. The number of nitrogens with one attached hydrogen (secondary N) is 2. The van der Waals surface area contributed by atoms with Gasteiger partial charge in [0.15, 0.2) is 0 Å². The molecule has 0 spiro atoms. The molecule has 80 valence electrons. The van der Waals surface area contributed by atoms with Crippen LogP contribution in [0.15, 0.2) is 18.2 Å². The van der Waals surface area contributed by atoms with Crippen molar-refractivity contribution in [2.75, 3.05) is 10.6 Å². The van der Waals surface area contributed by atoms with Crippen LogP contribution in [0.2, 0.25) is 0 Å². The Morgan fingerprint density at radius 3 is 3.00 bits per heavy atom. The lowest BCUT2D eigenvalue weighted by Gasteiger charge is -2.14. The largest absolute Gasteiger partial charge is 0.380 e. The maximum atomic E-state index is 11.6. The van der Waals surface area contributed by atoms with E-state index in [1.165, 1.54) is 0 Å². The minimum atomic E-state index is 0.0994. The first-order chi connectivity index (χ1) is 7.20. The molecule has 0 aromatic heterocycles. The molecule has 1 atom stereocenters. The molecule has 1 aliphatic heterocycles. The fourth-order valence-corrected chi connectivity index (χ4v) is 1.89. The third kappa shape index (κ3) is 1.96. The number of para-hydroxylation sites is 1. The van der Waals surface area contributed by atoms with Gasteiger partial charge in [0.25, 0.3) is 0 Å². The van der Waals surface area contributed by atoms with Crippen molar-refractivity contribution in [1.29, 1.82) is 0 Å². The minimum absolute atomic E-state index is 0.0994. The zero-order valence-corrected chi connectivity index (χ0v) is 9.13. The smallest absolute Gasteiger partial charge is 0.226 e.